The van der Waals surface area contributed by atoms with Crippen molar-refractivity contribution in [1.82, 2.24) is 0 Å². The SMILES string of the molecule is CCCOCCOC(=O)c1cc(OC(=O)c2ccc(/C=N/N=C/c3ccc(OC(=O)CCC=O)cc3)cc2)ccc1OC. The number of aldehydes is 1. The van der Waals surface area contributed by atoms with E-state index in [0.29, 0.717) is 29.8 Å². The molecule has 0 unspecified atom stereocenters. The molecular formula is C32H32N2O9. The van der Waals surface area contributed by atoms with Gasteiger partial charge in [-0.05, 0) is 72.1 Å². The van der Waals surface area contributed by atoms with E-state index in [0.717, 1.165) is 12.0 Å². The lowest BCUT2D eigenvalue weighted by molar-refractivity contribution is -0.135. The van der Waals surface area contributed by atoms with Gasteiger partial charge in [0.2, 0.25) is 0 Å². The van der Waals surface area contributed by atoms with Gasteiger partial charge >= 0.3 is 17.9 Å². The average Bonchev–Trinajstić information content (AvgIpc) is 3.03. The van der Waals surface area contributed by atoms with Gasteiger partial charge in [0.1, 0.15) is 35.7 Å². The minimum Gasteiger partial charge on any atom is -0.496 e. The summed E-state index contributed by atoms with van der Waals surface area (Å²) >= 11 is 0. The van der Waals surface area contributed by atoms with Gasteiger partial charge in [0.05, 0.1) is 38.1 Å². The van der Waals surface area contributed by atoms with Crippen LogP contribution in [0.15, 0.2) is 76.9 Å². The van der Waals surface area contributed by atoms with Gasteiger partial charge < -0.3 is 28.5 Å². The Morgan fingerprint density at radius 3 is 2.05 bits per heavy atom. The van der Waals surface area contributed by atoms with Crippen LogP contribution in [0, 0.1) is 0 Å². The highest BCUT2D eigenvalue weighted by atomic mass is 16.6. The maximum absolute atomic E-state index is 12.7. The number of benzene rings is 3. The molecule has 11 nitrogen and oxygen atoms in total. The van der Waals surface area contributed by atoms with E-state index in [1.54, 1.807) is 48.5 Å². The Hall–Kier alpha value is -5.16. The van der Waals surface area contributed by atoms with Gasteiger partial charge in [-0.2, -0.15) is 10.2 Å². The van der Waals surface area contributed by atoms with E-state index >= 15 is 0 Å². The zero-order valence-electron chi connectivity index (χ0n) is 23.9. The molecule has 0 aliphatic heterocycles. The van der Waals surface area contributed by atoms with Crippen molar-refractivity contribution in [3.05, 3.63) is 89.0 Å². The number of carbonyl (C=O) groups excluding carboxylic acids is 4. The number of ether oxygens (including phenoxy) is 5. The third-order valence-corrected chi connectivity index (χ3v) is 5.62. The summed E-state index contributed by atoms with van der Waals surface area (Å²) in [5.41, 5.74) is 1.85. The Morgan fingerprint density at radius 2 is 1.42 bits per heavy atom. The summed E-state index contributed by atoms with van der Waals surface area (Å²) in [6, 6.07) is 17.6. The Morgan fingerprint density at radius 1 is 0.767 bits per heavy atom. The summed E-state index contributed by atoms with van der Waals surface area (Å²) in [7, 11) is 1.43. The van der Waals surface area contributed by atoms with Crippen LogP contribution in [0.1, 0.15) is 58.0 Å². The van der Waals surface area contributed by atoms with Crippen molar-refractivity contribution < 1.29 is 42.9 Å². The fraction of sp³-hybridized carbons (Fsp3) is 0.250. The lowest BCUT2D eigenvalue weighted by atomic mass is 10.1. The highest BCUT2D eigenvalue weighted by Gasteiger charge is 2.17. The fourth-order valence-electron chi connectivity index (χ4n) is 3.48. The van der Waals surface area contributed by atoms with E-state index in [1.807, 2.05) is 6.92 Å². The molecule has 0 atom stereocenters. The minimum absolute atomic E-state index is 0.0290. The highest BCUT2D eigenvalue weighted by Crippen LogP contribution is 2.25. The number of methoxy groups -OCH3 is 1. The van der Waals surface area contributed by atoms with Crippen LogP contribution in [0.4, 0.5) is 0 Å². The number of hydrogen-bond donors (Lipinski definition) is 0. The molecule has 0 N–H and O–H groups in total. The van der Waals surface area contributed by atoms with E-state index in [-0.39, 0.29) is 43.1 Å². The molecule has 0 saturated heterocycles. The van der Waals surface area contributed by atoms with Gasteiger partial charge in [0.15, 0.2) is 0 Å². The molecule has 0 saturated carbocycles. The Bertz CT molecular complexity index is 1430. The van der Waals surface area contributed by atoms with E-state index < -0.39 is 17.9 Å². The van der Waals surface area contributed by atoms with Crippen LogP contribution >= 0.6 is 0 Å². The normalized spacial score (nSPS) is 10.9. The van der Waals surface area contributed by atoms with Gasteiger partial charge in [0, 0.05) is 13.0 Å². The molecule has 3 rings (SSSR count). The van der Waals surface area contributed by atoms with Crippen LogP contribution in [-0.2, 0) is 19.1 Å². The molecule has 0 fully saturated rings. The van der Waals surface area contributed by atoms with Crippen molar-refractivity contribution >= 4 is 36.6 Å². The molecule has 3 aromatic carbocycles. The predicted molar refractivity (Wildman–Crippen MR) is 158 cm³/mol. The first-order valence-corrected chi connectivity index (χ1v) is 13.5. The zero-order valence-corrected chi connectivity index (χ0v) is 23.9. The molecular weight excluding hydrogens is 556 g/mol. The second-order valence-corrected chi connectivity index (χ2v) is 8.86. The third kappa shape index (κ3) is 11.0. The number of rotatable bonds is 16. The average molecular weight is 589 g/mol. The first kappa shape index (κ1) is 32.4. The largest absolute Gasteiger partial charge is 0.496 e. The first-order valence-electron chi connectivity index (χ1n) is 13.5. The van der Waals surface area contributed by atoms with E-state index in [1.165, 1.54) is 37.7 Å². The molecule has 0 bridgehead atoms. The quantitative estimate of drug-likeness (QED) is 0.0574. The molecule has 0 aliphatic carbocycles. The van der Waals surface area contributed by atoms with Crippen LogP contribution in [0.3, 0.4) is 0 Å². The molecule has 3 aromatic rings. The van der Waals surface area contributed by atoms with Crippen molar-refractivity contribution in [3.63, 3.8) is 0 Å². The monoisotopic (exact) mass is 588 g/mol. The molecule has 0 aliphatic rings. The van der Waals surface area contributed by atoms with Gasteiger partial charge in [-0.25, -0.2) is 9.59 Å². The highest BCUT2D eigenvalue weighted by molar-refractivity contribution is 5.95. The summed E-state index contributed by atoms with van der Waals surface area (Å²) in [6.45, 7) is 2.93. The van der Waals surface area contributed by atoms with Gasteiger partial charge in [-0.1, -0.05) is 19.1 Å². The molecule has 0 heterocycles. The standard InChI is InChI=1S/C32H32N2O9/c1-3-17-40-18-19-41-32(38)28-20-27(14-15-29(28)39-2)43-31(37)25-10-6-23(7-11-25)21-33-34-22-24-8-12-26(13-9-24)42-30(36)5-4-16-35/h6-16,20-22H,3-5,17-19H2,1-2H3/b33-21+,34-22+. The molecule has 11 heteroatoms. The van der Waals surface area contributed by atoms with Crippen molar-refractivity contribution in [2.45, 2.75) is 26.2 Å². The summed E-state index contributed by atoms with van der Waals surface area (Å²) in [5.74, 6) is -0.898. The minimum atomic E-state index is -0.619. The smallest absolute Gasteiger partial charge is 0.343 e. The summed E-state index contributed by atoms with van der Waals surface area (Å²) in [4.78, 5) is 47.1. The number of nitrogens with zero attached hydrogens (tertiary/aromatic N) is 2. The molecule has 43 heavy (non-hydrogen) atoms. The molecule has 0 radical (unpaired) electrons. The number of hydrogen-bond acceptors (Lipinski definition) is 11. The molecule has 0 spiro atoms. The van der Waals surface area contributed by atoms with Crippen LogP contribution in [0.25, 0.3) is 0 Å². The van der Waals surface area contributed by atoms with E-state index in [2.05, 4.69) is 10.2 Å². The zero-order chi connectivity index (χ0) is 30.9. The topological polar surface area (TPSA) is 139 Å². The number of carbonyl (C=O) groups is 4. The Balaban J connectivity index is 1.53. The van der Waals surface area contributed by atoms with Crippen molar-refractivity contribution in [2.24, 2.45) is 10.2 Å². The Kier molecular flexibility index (Phi) is 13.2. The Labute approximate surface area is 249 Å². The summed E-state index contributed by atoms with van der Waals surface area (Å²) < 4.78 is 26.4. The van der Waals surface area contributed by atoms with Gasteiger partial charge in [-0.3, -0.25) is 4.79 Å². The number of esters is 3. The maximum atomic E-state index is 12.7. The second-order valence-electron chi connectivity index (χ2n) is 8.86. The lowest BCUT2D eigenvalue weighted by Crippen LogP contribution is -2.13. The van der Waals surface area contributed by atoms with Crippen LogP contribution in [-0.4, -0.2) is 63.6 Å². The molecule has 0 aromatic heterocycles. The summed E-state index contributed by atoms with van der Waals surface area (Å²) in [5, 5.41) is 8.01. The van der Waals surface area contributed by atoms with Gasteiger partial charge in [-0.15, -0.1) is 0 Å². The van der Waals surface area contributed by atoms with Crippen LogP contribution in [0.5, 0.6) is 17.2 Å². The van der Waals surface area contributed by atoms with Crippen LogP contribution in [0.2, 0.25) is 0 Å². The molecule has 0 amide bonds. The van der Waals surface area contributed by atoms with Crippen molar-refractivity contribution in [3.8, 4) is 17.2 Å². The third-order valence-electron chi connectivity index (χ3n) is 5.62. The first-order chi connectivity index (χ1) is 20.9. The van der Waals surface area contributed by atoms with Crippen LogP contribution < -0.4 is 14.2 Å². The van der Waals surface area contributed by atoms with E-state index in [9.17, 15) is 19.2 Å². The van der Waals surface area contributed by atoms with E-state index in [4.69, 9.17) is 23.7 Å². The summed E-state index contributed by atoms with van der Waals surface area (Å²) in [6.07, 6.45) is 4.72. The molecule has 224 valence electrons. The predicted octanol–water partition coefficient (Wildman–Crippen LogP) is 4.84. The lowest BCUT2D eigenvalue weighted by Gasteiger charge is -2.11. The van der Waals surface area contributed by atoms with Gasteiger partial charge in [0.25, 0.3) is 0 Å². The van der Waals surface area contributed by atoms with Crippen molar-refractivity contribution in [2.75, 3.05) is 26.9 Å². The second kappa shape index (κ2) is 17.6. The van der Waals surface area contributed by atoms with Crippen molar-refractivity contribution in [1.29, 1.82) is 0 Å². The fourth-order valence-corrected chi connectivity index (χ4v) is 3.48. The maximum Gasteiger partial charge on any atom is 0.343 e.